The van der Waals surface area contributed by atoms with Crippen LogP contribution in [0.4, 0.5) is 0 Å². The summed E-state index contributed by atoms with van der Waals surface area (Å²) in [7, 11) is 0. The van der Waals surface area contributed by atoms with Gasteiger partial charge in [0.1, 0.15) is 11.4 Å². The number of rotatable bonds is 2. The molecule has 0 radical (unpaired) electrons. The number of carbonyl (C=O) groups excluding carboxylic acids is 3. The second-order valence-electron chi connectivity index (χ2n) is 9.44. The zero-order chi connectivity index (χ0) is 23.1. The van der Waals surface area contributed by atoms with Crippen LogP contribution in [0.2, 0.25) is 0 Å². The Hall–Kier alpha value is -2.41. The van der Waals surface area contributed by atoms with Crippen molar-refractivity contribution in [2.75, 3.05) is 0 Å². The van der Waals surface area contributed by atoms with Crippen molar-refractivity contribution < 1.29 is 33.7 Å². The number of allylic oxidation sites excluding steroid dienone is 2. The molecular weight excluding hydrogens is 400 g/mol. The fourth-order valence-electron chi connectivity index (χ4n) is 5.00. The summed E-state index contributed by atoms with van der Waals surface area (Å²) in [5.74, 6) is -1.27. The minimum atomic E-state index is -1.77. The molecule has 2 heterocycles. The Bertz CT molecular complexity index is 894. The summed E-state index contributed by atoms with van der Waals surface area (Å²) >= 11 is 0. The Balaban J connectivity index is 2.16. The first-order valence-electron chi connectivity index (χ1n) is 10.8. The number of fused-ring (bicyclic) bond motifs is 2. The van der Waals surface area contributed by atoms with Crippen LogP contribution in [-0.4, -0.2) is 40.3 Å². The van der Waals surface area contributed by atoms with Crippen molar-refractivity contribution in [1.29, 1.82) is 0 Å². The Morgan fingerprint density at radius 1 is 1.29 bits per heavy atom. The highest BCUT2D eigenvalue weighted by molar-refractivity contribution is 5.84. The summed E-state index contributed by atoms with van der Waals surface area (Å²) in [4.78, 5) is 36.4. The van der Waals surface area contributed by atoms with Crippen molar-refractivity contribution in [3.8, 4) is 0 Å². The first kappa shape index (κ1) is 23.3. The van der Waals surface area contributed by atoms with Gasteiger partial charge in [-0.25, -0.2) is 4.79 Å². The van der Waals surface area contributed by atoms with E-state index in [2.05, 4.69) is 0 Å². The first-order chi connectivity index (χ1) is 14.4. The predicted molar refractivity (Wildman–Crippen MR) is 112 cm³/mol. The summed E-state index contributed by atoms with van der Waals surface area (Å²) in [5, 5.41) is 11.5. The summed E-state index contributed by atoms with van der Waals surface area (Å²) in [5.41, 5.74) is -0.229. The lowest BCUT2D eigenvalue weighted by Crippen LogP contribution is -2.45. The molecule has 0 aromatic rings. The van der Waals surface area contributed by atoms with Gasteiger partial charge in [-0.15, -0.1) is 0 Å². The molecule has 7 nitrogen and oxygen atoms in total. The molecule has 1 saturated heterocycles. The van der Waals surface area contributed by atoms with E-state index in [4.69, 9.17) is 14.2 Å². The van der Waals surface area contributed by atoms with E-state index in [1.54, 1.807) is 19.9 Å². The van der Waals surface area contributed by atoms with Gasteiger partial charge in [0.25, 0.3) is 0 Å². The lowest BCUT2D eigenvalue weighted by molar-refractivity contribution is -0.160. The van der Waals surface area contributed by atoms with E-state index in [9.17, 15) is 19.5 Å². The topological polar surface area (TPSA) is 99.1 Å². The van der Waals surface area contributed by atoms with Gasteiger partial charge in [-0.2, -0.15) is 0 Å². The summed E-state index contributed by atoms with van der Waals surface area (Å²) < 4.78 is 16.8. The lowest BCUT2D eigenvalue weighted by Gasteiger charge is -2.42. The number of ether oxygens (including phenoxy) is 3. The first-order valence-corrected chi connectivity index (χ1v) is 10.8. The van der Waals surface area contributed by atoms with Crippen LogP contribution < -0.4 is 0 Å². The van der Waals surface area contributed by atoms with Gasteiger partial charge in [0.2, 0.25) is 0 Å². The van der Waals surface area contributed by atoms with E-state index in [0.29, 0.717) is 30.4 Å². The van der Waals surface area contributed by atoms with E-state index in [1.807, 2.05) is 26.8 Å². The van der Waals surface area contributed by atoms with Gasteiger partial charge in [-0.05, 0) is 57.1 Å². The minimum absolute atomic E-state index is 0.0638. The highest BCUT2D eigenvalue weighted by Gasteiger charge is 2.54. The quantitative estimate of drug-likeness (QED) is 0.405. The van der Waals surface area contributed by atoms with E-state index in [1.165, 1.54) is 6.92 Å². The van der Waals surface area contributed by atoms with Gasteiger partial charge in [-0.1, -0.05) is 25.5 Å². The molecule has 3 aliphatic rings. The molecule has 0 aromatic carbocycles. The van der Waals surface area contributed by atoms with Gasteiger partial charge < -0.3 is 19.3 Å². The van der Waals surface area contributed by atoms with E-state index >= 15 is 0 Å². The summed E-state index contributed by atoms with van der Waals surface area (Å²) in [6.45, 7) is 10.8. The van der Waals surface area contributed by atoms with Crippen LogP contribution in [0.25, 0.3) is 0 Å². The number of esters is 3. The molecule has 0 saturated carbocycles. The van der Waals surface area contributed by atoms with Gasteiger partial charge in [0, 0.05) is 18.9 Å². The largest absolute Gasteiger partial charge is 0.456 e. The van der Waals surface area contributed by atoms with Crippen molar-refractivity contribution in [1.82, 2.24) is 0 Å². The van der Waals surface area contributed by atoms with Crippen LogP contribution in [0.5, 0.6) is 0 Å². The third kappa shape index (κ3) is 4.33. The monoisotopic (exact) mass is 432 g/mol. The molecule has 0 bridgehead atoms. The van der Waals surface area contributed by atoms with E-state index in [0.717, 1.165) is 5.57 Å². The predicted octanol–water partition coefficient (Wildman–Crippen LogP) is 3.51. The average molecular weight is 433 g/mol. The number of hydrogen-bond acceptors (Lipinski definition) is 7. The molecule has 1 N–H and O–H groups in total. The van der Waals surface area contributed by atoms with Crippen molar-refractivity contribution in [2.45, 2.75) is 84.5 Å². The highest BCUT2D eigenvalue weighted by atomic mass is 16.6. The van der Waals surface area contributed by atoms with Crippen LogP contribution in [0.1, 0.15) is 67.2 Å². The molecule has 3 rings (SSSR count). The van der Waals surface area contributed by atoms with Crippen LogP contribution in [-0.2, 0) is 28.6 Å². The molecule has 1 fully saturated rings. The smallest absolute Gasteiger partial charge is 0.331 e. The fraction of sp³-hybridized carbons (Fsp3) is 0.625. The number of aliphatic hydroxyl groups is 1. The Labute approximate surface area is 183 Å². The van der Waals surface area contributed by atoms with Crippen LogP contribution >= 0.6 is 0 Å². The van der Waals surface area contributed by atoms with Gasteiger partial charge >= 0.3 is 17.9 Å². The Morgan fingerprint density at radius 2 is 1.97 bits per heavy atom. The van der Waals surface area contributed by atoms with Crippen LogP contribution in [0, 0.1) is 11.8 Å². The van der Waals surface area contributed by atoms with E-state index < -0.39 is 29.2 Å². The molecule has 0 aromatic heterocycles. The number of hydrogen-bond donors (Lipinski definition) is 1. The highest BCUT2D eigenvalue weighted by Crippen LogP contribution is 2.46. The zero-order valence-electron chi connectivity index (χ0n) is 19.1. The van der Waals surface area contributed by atoms with Crippen molar-refractivity contribution >= 4 is 17.9 Å². The molecule has 2 aliphatic heterocycles. The average Bonchev–Trinajstić information content (AvgIpc) is 2.96. The third-order valence-corrected chi connectivity index (χ3v) is 6.64. The van der Waals surface area contributed by atoms with Gasteiger partial charge in [0.15, 0.2) is 11.7 Å². The normalized spacial score (nSPS) is 34.1. The molecule has 0 amide bonds. The molecule has 1 unspecified atom stereocenters. The van der Waals surface area contributed by atoms with Crippen LogP contribution in [0.15, 0.2) is 34.6 Å². The lowest BCUT2D eigenvalue weighted by atomic mass is 9.72. The standard InChI is InChI=1S/C24H32O7/c1-13(2)17-11-19(26)31-23(6)10-9-15(4)22-24(28,12-20(27)30-22)21(29-16(5)25)14(3)7-8-18(17)23/h7,11,13,18,21,28H,8-10,12H2,1-6H3/t18-,21?,23+,24+/m1/s1. The van der Waals surface area contributed by atoms with Gasteiger partial charge in [0.05, 0.1) is 6.42 Å². The van der Waals surface area contributed by atoms with Crippen molar-refractivity contribution in [2.24, 2.45) is 11.8 Å². The summed E-state index contributed by atoms with van der Waals surface area (Å²) in [6.07, 6.45) is 3.63. The van der Waals surface area contributed by atoms with Crippen LogP contribution in [0.3, 0.4) is 0 Å². The molecule has 31 heavy (non-hydrogen) atoms. The maximum absolute atomic E-state index is 12.4. The molecule has 0 spiro atoms. The SMILES string of the molecule is CC(=O)OC1C(C)=CC[C@@H]2C(C(C)C)=CC(=O)O[C@@]2(C)CCC(C)=C2OC(=O)C[C@@]21O. The Morgan fingerprint density at radius 3 is 2.58 bits per heavy atom. The second kappa shape index (κ2) is 8.26. The Kier molecular flexibility index (Phi) is 6.20. The maximum Gasteiger partial charge on any atom is 0.331 e. The third-order valence-electron chi connectivity index (χ3n) is 6.64. The number of carbonyl (C=O) groups is 3. The van der Waals surface area contributed by atoms with Crippen molar-refractivity contribution in [3.63, 3.8) is 0 Å². The second-order valence-corrected chi connectivity index (χ2v) is 9.44. The molecule has 170 valence electrons. The minimum Gasteiger partial charge on any atom is -0.456 e. The molecule has 1 aliphatic carbocycles. The maximum atomic E-state index is 12.4. The zero-order valence-corrected chi connectivity index (χ0v) is 19.1. The van der Waals surface area contributed by atoms with Gasteiger partial charge in [-0.3, -0.25) is 9.59 Å². The molecule has 7 heteroatoms. The molecule has 4 atom stereocenters. The van der Waals surface area contributed by atoms with Crippen molar-refractivity contribution in [3.05, 3.63) is 34.6 Å². The fourth-order valence-corrected chi connectivity index (χ4v) is 5.00. The molecular formula is C24H32O7. The summed E-state index contributed by atoms with van der Waals surface area (Å²) in [6, 6.07) is 0. The van der Waals surface area contributed by atoms with E-state index in [-0.39, 0.29) is 30.0 Å².